The number of carbonyl (C=O) groups excluding carboxylic acids is 1. The van der Waals surface area contributed by atoms with Gasteiger partial charge in [0.15, 0.2) is 10.7 Å². The molecule has 148 valence electrons. The molecule has 1 N–H and O–H groups in total. The summed E-state index contributed by atoms with van der Waals surface area (Å²) in [4.78, 5) is 29.7. The summed E-state index contributed by atoms with van der Waals surface area (Å²) in [5.41, 5.74) is 2.45. The average molecular weight is 403 g/mol. The number of rotatable bonds is 6. The molecule has 0 unspecified atom stereocenters. The predicted molar refractivity (Wildman–Crippen MR) is 108 cm³/mol. The maximum atomic E-state index is 13.6. The Kier molecular flexibility index (Phi) is 5.83. The molecule has 1 aromatic carbocycles. The standard InChI is InChI=1S/C19H22FN5O2S/c1-5-24-18(27)17-16(12(4)23-25(17)6-2)22-19(24)28-10-15(26)21-13-8-7-11(3)14(20)9-13/h7-9H,5-6,10H2,1-4H3,(H,21,26). The van der Waals surface area contributed by atoms with E-state index < -0.39 is 0 Å². The zero-order valence-electron chi connectivity index (χ0n) is 16.2. The van der Waals surface area contributed by atoms with Gasteiger partial charge >= 0.3 is 0 Å². The first kappa shape index (κ1) is 20.1. The molecular formula is C19H22FN5O2S. The summed E-state index contributed by atoms with van der Waals surface area (Å²) in [5.74, 6) is -0.624. The van der Waals surface area contributed by atoms with Crippen molar-refractivity contribution in [2.45, 2.75) is 45.9 Å². The summed E-state index contributed by atoms with van der Waals surface area (Å²) >= 11 is 1.17. The van der Waals surface area contributed by atoms with Crippen LogP contribution in [0.2, 0.25) is 0 Å². The first-order valence-electron chi connectivity index (χ1n) is 9.02. The lowest BCUT2D eigenvalue weighted by atomic mass is 10.2. The van der Waals surface area contributed by atoms with Crippen molar-refractivity contribution >= 4 is 34.4 Å². The van der Waals surface area contributed by atoms with Crippen molar-refractivity contribution in [2.24, 2.45) is 0 Å². The van der Waals surface area contributed by atoms with Crippen LogP contribution in [0, 0.1) is 19.7 Å². The van der Waals surface area contributed by atoms with Gasteiger partial charge in [-0.25, -0.2) is 9.37 Å². The van der Waals surface area contributed by atoms with E-state index >= 15 is 0 Å². The minimum Gasteiger partial charge on any atom is -0.325 e. The van der Waals surface area contributed by atoms with Gasteiger partial charge in [0.2, 0.25) is 5.91 Å². The highest BCUT2D eigenvalue weighted by molar-refractivity contribution is 7.99. The van der Waals surface area contributed by atoms with Crippen molar-refractivity contribution in [3.63, 3.8) is 0 Å². The van der Waals surface area contributed by atoms with Gasteiger partial charge in [0.25, 0.3) is 5.56 Å². The molecule has 2 heterocycles. The van der Waals surface area contributed by atoms with Crippen LogP contribution in [-0.4, -0.2) is 31.0 Å². The maximum Gasteiger partial charge on any atom is 0.280 e. The SMILES string of the molecule is CCn1c(SCC(=O)Nc2ccc(C)c(F)c2)nc2c(C)nn(CC)c2c1=O. The minimum atomic E-state index is -0.374. The van der Waals surface area contributed by atoms with Crippen LogP contribution in [-0.2, 0) is 17.9 Å². The summed E-state index contributed by atoms with van der Waals surface area (Å²) in [6.07, 6.45) is 0. The van der Waals surface area contributed by atoms with Crippen molar-refractivity contribution < 1.29 is 9.18 Å². The van der Waals surface area contributed by atoms with Crippen molar-refractivity contribution in [2.75, 3.05) is 11.1 Å². The van der Waals surface area contributed by atoms with E-state index in [-0.39, 0.29) is 23.0 Å². The molecule has 0 radical (unpaired) electrons. The largest absolute Gasteiger partial charge is 0.325 e. The third-order valence-electron chi connectivity index (χ3n) is 4.39. The second-order valence-corrected chi connectivity index (χ2v) is 7.29. The van der Waals surface area contributed by atoms with Crippen LogP contribution >= 0.6 is 11.8 Å². The molecule has 0 fully saturated rings. The smallest absolute Gasteiger partial charge is 0.280 e. The van der Waals surface area contributed by atoms with Gasteiger partial charge < -0.3 is 5.32 Å². The van der Waals surface area contributed by atoms with Crippen LogP contribution in [0.3, 0.4) is 0 Å². The van der Waals surface area contributed by atoms with Gasteiger partial charge in [0, 0.05) is 18.8 Å². The van der Waals surface area contributed by atoms with Gasteiger partial charge in [-0.05, 0) is 45.4 Å². The summed E-state index contributed by atoms with van der Waals surface area (Å²) in [6, 6.07) is 4.54. The zero-order valence-corrected chi connectivity index (χ0v) is 17.1. The molecule has 3 rings (SSSR count). The van der Waals surface area contributed by atoms with Crippen LogP contribution in [0.25, 0.3) is 11.0 Å². The molecule has 0 saturated carbocycles. The molecule has 2 aromatic heterocycles. The normalized spacial score (nSPS) is 11.2. The number of aryl methyl sites for hydroxylation is 3. The topological polar surface area (TPSA) is 81.8 Å². The summed E-state index contributed by atoms with van der Waals surface area (Å²) in [6.45, 7) is 8.25. The zero-order chi connectivity index (χ0) is 20.4. The highest BCUT2D eigenvalue weighted by atomic mass is 32.2. The number of hydrogen-bond donors (Lipinski definition) is 1. The highest BCUT2D eigenvalue weighted by Crippen LogP contribution is 2.21. The van der Waals surface area contributed by atoms with Crippen LogP contribution in [0.1, 0.15) is 25.1 Å². The van der Waals surface area contributed by atoms with Gasteiger partial charge in [-0.2, -0.15) is 5.10 Å². The number of nitrogens with zero attached hydrogens (tertiary/aromatic N) is 4. The molecule has 0 aliphatic carbocycles. The Morgan fingerprint density at radius 1 is 1.25 bits per heavy atom. The Hall–Kier alpha value is -2.68. The van der Waals surface area contributed by atoms with E-state index in [1.807, 2.05) is 20.8 Å². The van der Waals surface area contributed by atoms with Gasteiger partial charge in [0.05, 0.1) is 11.4 Å². The van der Waals surface area contributed by atoms with Crippen LogP contribution in [0.5, 0.6) is 0 Å². The molecule has 1 amide bonds. The summed E-state index contributed by atoms with van der Waals surface area (Å²) in [5, 5.41) is 7.49. The van der Waals surface area contributed by atoms with Crippen molar-refractivity contribution in [1.29, 1.82) is 0 Å². The fraction of sp³-hybridized carbons (Fsp3) is 0.368. The van der Waals surface area contributed by atoms with E-state index in [2.05, 4.69) is 15.4 Å². The van der Waals surface area contributed by atoms with Gasteiger partial charge in [0.1, 0.15) is 11.3 Å². The maximum absolute atomic E-state index is 13.6. The van der Waals surface area contributed by atoms with E-state index in [9.17, 15) is 14.0 Å². The van der Waals surface area contributed by atoms with Gasteiger partial charge in [-0.15, -0.1) is 0 Å². The number of carbonyl (C=O) groups is 1. The number of benzene rings is 1. The number of hydrogen-bond acceptors (Lipinski definition) is 5. The van der Waals surface area contributed by atoms with E-state index in [1.54, 1.807) is 28.3 Å². The quantitative estimate of drug-likeness (QED) is 0.505. The molecular weight excluding hydrogens is 381 g/mol. The van der Waals surface area contributed by atoms with Crippen molar-refractivity contribution in [1.82, 2.24) is 19.3 Å². The third-order valence-corrected chi connectivity index (χ3v) is 5.36. The first-order chi connectivity index (χ1) is 13.3. The lowest BCUT2D eigenvalue weighted by molar-refractivity contribution is -0.113. The molecule has 0 spiro atoms. The molecule has 7 nitrogen and oxygen atoms in total. The van der Waals surface area contributed by atoms with Gasteiger partial charge in [-0.1, -0.05) is 17.8 Å². The number of fused-ring (bicyclic) bond motifs is 1. The van der Waals surface area contributed by atoms with Crippen molar-refractivity contribution in [3.8, 4) is 0 Å². The fourth-order valence-corrected chi connectivity index (χ4v) is 3.76. The molecule has 0 aliphatic heterocycles. The number of aromatic nitrogens is 4. The molecule has 9 heteroatoms. The average Bonchev–Trinajstić information content (AvgIpc) is 2.99. The van der Waals surface area contributed by atoms with Crippen LogP contribution in [0.4, 0.5) is 10.1 Å². The summed E-state index contributed by atoms with van der Waals surface area (Å²) < 4.78 is 16.8. The minimum absolute atomic E-state index is 0.0500. The number of amides is 1. The molecule has 28 heavy (non-hydrogen) atoms. The number of halogens is 1. The van der Waals surface area contributed by atoms with E-state index in [0.29, 0.717) is 46.2 Å². The predicted octanol–water partition coefficient (Wildman–Crippen LogP) is 3.12. The Balaban J connectivity index is 1.83. The number of thioether (sulfide) groups is 1. The summed E-state index contributed by atoms with van der Waals surface area (Å²) in [7, 11) is 0. The van der Waals surface area contributed by atoms with Crippen LogP contribution < -0.4 is 10.9 Å². The highest BCUT2D eigenvalue weighted by Gasteiger charge is 2.18. The molecule has 3 aromatic rings. The van der Waals surface area contributed by atoms with E-state index in [4.69, 9.17) is 0 Å². The Labute approximate surface area is 166 Å². The monoisotopic (exact) mass is 403 g/mol. The molecule has 0 saturated heterocycles. The molecule has 0 bridgehead atoms. The Morgan fingerprint density at radius 2 is 2.00 bits per heavy atom. The molecule has 0 atom stereocenters. The first-order valence-corrected chi connectivity index (χ1v) is 10.0. The fourth-order valence-electron chi connectivity index (χ4n) is 2.90. The molecule has 0 aliphatic rings. The van der Waals surface area contributed by atoms with E-state index in [0.717, 1.165) is 0 Å². The third kappa shape index (κ3) is 3.80. The van der Waals surface area contributed by atoms with Crippen LogP contribution in [0.15, 0.2) is 28.2 Å². The Bertz CT molecular complexity index is 1110. The second kappa shape index (κ2) is 8.14. The van der Waals surface area contributed by atoms with Crippen molar-refractivity contribution in [3.05, 3.63) is 45.6 Å². The lowest BCUT2D eigenvalue weighted by Gasteiger charge is -2.11. The number of nitrogens with one attached hydrogen (secondary N) is 1. The van der Waals surface area contributed by atoms with Gasteiger partial charge in [-0.3, -0.25) is 18.8 Å². The lowest BCUT2D eigenvalue weighted by Crippen LogP contribution is -2.25. The second-order valence-electron chi connectivity index (χ2n) is 6.34. The van der Waals surface area contributed by atoms with E-state index in [1.165, 1.54) is 17.8 Å². The number of anilines is 1. The Morgan fingerprint density at radius 3 is 2.64 bits per heavy atom.